The number of hydrogen-bond acceptors (Lipinski definition) is 3. The van der Waals surface area contributed by atoms with E-state index in [-0.39, 0.29) is 18.2 Å². The van der Waals surface area contributed by atoms with Gasteiger partial charge in [-0.15, -0.1) is 0 Å². The third kappa shape index (κ3) is 5.00. The van der Waals surface area contributed by atoms with Crippen molar-refractivity contribution in [1.82, 2.24) is 4.31 Å². The number of carbonyl (C=O) groups is 1. The highest BCUT2D eigenvalue weighted by atomic mass is 32.2. The number of halogens is 1. The van der Waals surface area contributed by atoms with Crippen molar-refractivity contribution in [1.29, 1.82) is 0 Å². The lowest BCUT2D eigenvalue weighted by Crippen LogP contribution is -2.44. The summed E-state index contributed by atoms with van der Waals surface area (Å²) in [5, 5.41) is 2.67. The molecule has 1 saturated heterocycles. The number of sulfonamides is 1. The fourth-order valence-electron chi connectivity index (χ4n) is 2.68. The molecule has 1 aliphatic heterocycles. The molecule has 5 nitrogen and oxygen atoms in total. The minimum Gasteiger partial charge on any atom is -0.326 e. The van der Waals surface area contributed by atoms with Crippen LogP contribution in [0.5, 0.6) is 0 Å². The maximum Gasteiger partial charge on any atom is 0.228 e. The van der Waals surface area contributed by atoms with Crippen LogP contribution in [-0.4, -0.2) is 37.5 Å². The smallest absolute Gasteiger partial charge is 0.228 e. The van der Waals surface area contributed by atoms with Crippen molar-refractivity contribution in [3.05, 3.63) is 30.1 Å². The lowest BCUT2D eigenvalue weighted by Gasteiger charge is -2.31. The monoisotopic (exact) mass is 342 g/mol. The molecule has 0 aromatic heterocycles. The van der Waals surface area contributed by atoms with Crippen LogP contribution in [0, 0.1) is 11.7 Å². The van der Waals surface area contributed by atoms with Crippen LogP contribution in [0.15, 0.2) is 24.3 Å². The van der Waals surface area contributed by atoms with Gasteiger partial charge in [0.05, 0.1) is 11.7 Å². The third-order valence-corrected chi connectivity index (χ3v) is 5.92. The molecule has 1 aromatic carbocycles. The highest BCUT2D eigenvalue weighted by molar-refractivity contribution is 7.89. The molecule has 23 heavy (non-hydrogen) atoms. The van der Waals surface area contributed by atoms with Crippen molar-refractivity contribution in [3.8, 4) is 0 Å². The Balaban J connectivity index is 1.99. The molecule has 1 aliphatic rings. The Bertz CT molecular complexity index is 648. The molecule has 1 heterocycles. The summed E-state index contributed by atoms with van der Waals surface area (Å²) in [5.41, 5.74) is 0.390. The Morgan fingerprint density at radius 3 is 2.91 bits per heavy atom. The summed E-state index contributed by atoms with van der Waals surface area (Å²) in [7, 11) is -3.30. The number of carbonyl (C=O) groups excluding carboxylic acids is 1. The van der Waals surface area contributed by atoms with E-state index in [1.807, 2.05) is 6.92 Å². The zero-order valence-corrected chi connectivity index (χ0v) is 14.1. The van der Waals surface area contributed by atoms with Gasteiger partial charge >= 0.3 is 0 Å². The number of nitrogens with one attached hydrogen (secondary N) is 1. The fourth-order valence-corrected chi connectivity index (χ4v) is 4.40. The molecule has 1 amide bonds. The Morgan fingerprint density at radius 2 is 2.22 bits per heavy atom. The summed E-state index contributed by atoms with van der Waals surface area (Å²) in [6.45, 7) is 2.62. The summed E-state index contributed by atoms with van der Waals surface area (Å²) >= 11 is 0. The first kappa shape index (κ1) is 17.9. The lowest BCUT2D eigenvalue weighted by atomic mass is 9.99. The molecule has 1 atom stereocenters. The Kier molecular flexibility index (Phi) is 6.12. The van der Waals surface area contributed by atoms with Crippen LogP contribution in [0.25, 0.3) is 0 Å². The predicted octanol–water partition coefficient (Wildman–Crippen LogP) is 2.61. The largest absolute Gasteiger partial charge is 0.326 e. The van der Waals surface area contributed by atoms with Gasteiger partial charge in [0, 0.05) is 18.8 Å². The number of unbranched alkanes of at least 4 members (excludes halogenated alkanes) is 1. The van der Waals surface area contributed by atoms with E-state index >= 15 is 0 Å². The number of rotatable bonds is 6. The van der Waals surface area contributed by atoms with Crippen LogP contribution in [0.1, 0.15) is 32.6 Å². The van der Waals surface area contributed by atoms with Crippen LogP contribution in [-0.2, 0) is 14.8 Å². The number of benzene rings is 1. The minimum absolute atomic E-state index is 0.127. The molecule has 0 unspecified atom stereocenters. The van der Waals surface area contributed by atoms with Gasteiger partial charge in [0.2, 0.25) is 15.9 Å². The van der Waals surface area contributed by atoms with Crippen molar-refractivity contribution < 1.29 is 17.6 Å². The quantitative estimate of drug-likeness (QED) is 0.864. The van der Waals surface area contributed by atoms with E-state index in [1.165, 1.54) is 22.5 Å². The van der Waals surface area contributed by atoms with Crippen molar-refractivity contribution in [2.24, 2.45) is 5.92 Å². The summed E-state index contributed by atoms with van der Waals surface area (Å²) in [4.78, 5) is 12.3. The molecule has 128 valence electrons. The van der Waals surface area contributed by atoms with E-state index in [0.29, 0.717) is 31.5 Å². The first-order valence-corrected chi connectivity index (χ1v) is 9.57. The highest BCUT2D eigenvalue weighted by Gasteiger charge is 2.31. The summed E-state index contributed by atoms with van der Waals surface area (Å²) in [6, 6.07) is 5.68. The molecule has 1 aromatic rings. The fraction of sp³-hybridized carbons (Fsp3) is 0.562. The maximum absolute atomic E-state index is 13.2. The van der Waals surface area contributed by atoms with Gasteiger partial charge in [-0.05, 0) is 37.5 Å². The lowest BCUT2D eigenvalue weighted by molar-refractivity contribution is -0.120. The molecule has 0 saturated carbocycles. The maximum atomic E-state index is 13.2. The summed E-state index contributed by atoms with van der Waals surface area (Å²) in [6.07, 6.45) is 2.74. The zero-order valence-electron chi connectivity index (χ0n) is 13.3. The van der Waals surface area contributed by atoms with Crippen LogP contribution in [0.3, 0.4) is 0 Å². The summed E-state index contributed by atoms with van der Waals surface area (Å²) in [5.74, 6) is -0.952. The molecule has 7 heteroatoms. The Labute approximate surface area is 136 Å². The molecule has 0 radical (unpaired) electrons. The highest BCUT2D eigenvalue weighted by Crippen LogP contribution is 2.22. The van der Waals surface area contributed by atoms with E-state index in [9.17, 15) is 17.6 Å². The number of hydrogen-bond donors (Lipinski definition) is 1. The second-order valence-corrected chi connectivity index (χ2v) is 7.95. The Hall–Kier alpha value is -1.47. The normalized spacial score (nSPS) is 19.5. The number of anilines is 1. The number of amides is 1. The van der Waals surface area contributed by atoms with Crippen LogP contribution < -0.4 is 5.32 Å². The molecular formula is C16H23FN2O3S. The van der Waals surface area contributed by atoms with Gasteiger partial charge in [-0.1, -0.05) is 19.4 Å². The van der Waals surface area contributed by atoms with E-state index in [4.69, 9.17) is 0 Å². The molecular weight excluding hydrogens is 319 g/mol. The number of piperidine rings is 1. The van der Waals surface area contributed by atoms with E-state index in [2.05, 4.69) is 5.32 Å². The van der Waals surface area contributed by atoms with Crippen molar-refractivity contribution in [2.75, 3.05) is 24.2 Å². The van der Waals surface area contributed by atoms with Gasteiger partial charge in [0.25, 0.3) is 0 Å². The van der Waals surface area contributed by atoms with E-state index < -0.39 is 21.8 Å². The van der Waals surface area contributed by atoms with Gasteiger partial charge in [-0.3, -0.25) is 4.79 Å². The van der Waals surface area contributed by atoms with Gasteiger partial charge < -0.3 is 5.32 Å². The molecule has 1 fully saturated rings. The van der Waals surface area contributed by atoms with Crippen LogP contribution in [0.2, 0.25) is 0 Å². The topological polar surface area (TPSA) is 66.5 Å². The average molecular weight is 342 g/mol. The third-order valence-electron chi connectivity index (χ3n) is 4.00. The average Bonchev–Trinajstić information content (AvgIpc) is 2.53. The molecule has 0 aliphatic carbocycles. The summed E-state index contributed by atoms with van der Waals surface area (Å²) < 4.78 is 39.1. The second kappa shape index (κ2) is 7.88. The SMILES string of the molecule is CCCCS(=O)(=O)N1CCC[C@H](C(=O)Nc2cccc(F)c2)C1. The number of nitrogens with zero attached hydrogens (tertiary/aromatic N) is 1. The standard InChI is InChI=1S/C16H23FN2O3S/c1-2-3-10-23(21,22)19-9-5-6-13(12-19)16(20)18-15-8-4-7-14(17)11-15/h4,7-8,11,13H,2-3,5-6,9-10,12H2,1H3,(H,18,20)/t13-/m0/s1. The molecule has 1 N–H and O–H groups in total. The molecule has 0 bridgehead atoms. The zero-order chi connectivity index (χ0) is 16.9. The Morgan fingerprint density at radius 1 is 1.43 bits per heavy atom. The van der Waals surface area contributed by atoms with Gasteiger partial charge in [-0.25, -0.2) is 17.1 Å². The van der Waals surface area contributed by atoms with Gasteiger partial charge in [0.15, 0.2) is 0 Å². The van der Waals surface area contributed by atoms with E-state index in [1.54, 1.807) is 6.07 Å². The van der Waals surface area contributed by atoms with Crippen molar-refractivity contribution in [2.45, 2.75) is 32.6 Å². The molecule has 2 rings (SSSR count). The van der Waals surface area contributed by atoms with Crippen LogP contribution >= 0.6 is 0 Å². The van der Waals surface area contributed by atoms with Crippen molar-refractivity contribution >= 4 is 21.6 Å². The first-order valence-electron chi connectivity index (χ1n) is 7.96. The van der Waals surface area contributed by atoms with Gasteiger partial charge in [0.1, 0.15) is 5.82 Å². The molecule has 0 spiro atoms. The minimum atomic E-state index is -3.30. The van der Waals surface area contributed by atoms with E-state index in [0.717, 1.165) is 6.42 Å². The van der Waals surface area contributed by atoms with Crippen LogP contribution in [0.4, 0.5) is 10.1 Å². The predicted molar refractivity (Wildman–Crippen MR) is 88.0 cm³/mol. The van der Waals surface area contributed by atoms with Gasteiger partial charge in [-0.2, -0.15) is 0 Å². The van der Waals surface area contributed by atoms with Crippen molar-refractivity contribution in [3.63, 3.8) is 0 Å². The first-order chi connectivity index (χ1) is 10.9. The second-order valence-electron chi connectivity index (χ2n) is 5.87.